The highest BCUT2D eigenvalue weighted by molar-refractivity contribution is 14.0. The molecule has 0 spiro atoms. The molecule has 1 aromatic heterocycles. The first kappa shape index (κ1) is 26.4. The van der Waals surface area contributed by atoms with Crippen molar-refractivity contribution in [3.8, 4) is 17.2 Å². The van der Waals surface area contributed by atoms with Crippen molar-refractivity contribution in [3.05, 3.63) is 72.1 Å². The zero-order valence-corrected chi connectivity index (χ0v) is 20.8. The van der Waals surface area contributed by atoms with Crippen molar-refractivity contribution in [2.24, 2.45) is 4.99 Å². The fraction of sp³-hybridized carbons (Fsp3) is 0.304. The summed E-state index contributed by atoms with van der Waals surface area (Å²) in [6, 6.07) is 14.8. The molecule has 0 unspecified atom stereocenters. The number of hydrogen-bond acceptors (Lipinski definition) is 4. The Bertz CT molecular complexity index is 1020. The molecule has 10 heteroatoms. The van der Waals surface area contributed by atoms with Crippen LogP contribution in [0, 0.1) is 0 Å². The summed E-state index contributed by atoms with van der Waals surface area (Å²) in [6.45, 7) is 2.41. The monoisotopic (exact) mass is 571 g/mol. The second kappa shape index (κ2) is 13.6. The Morgan fingerprint density at radius 3 is 2.55 bits per heavy atom. The Labute approximate surface area is 209 Å². The van der Waals surface area contributed by atoms with Crippen LogP contribution in [0.5, 0.6) is 11.5 Å². The molecule has 178 valence electrons. The van der Waals surface area contributed by atoms with Gasteiger partial charge in [0.15, 0.2) is 17.5 Å². The molecule has 0 saturated carbocycles. The van der Waals surface area contributed by atoms with Gasteiger partial charge in [-0.05, 0) is 37.6 Å². The number of para-hydroxylation sites is 2. The number of nitrogens with one attached hydrogen (secondary N) is 2. The molecule has 0 aliphatic rings. The van der Waals surface area contributed by atoms with Gasteiger partial charge in [-0.15, -0.1) is 24.0 Å². The summed E-state index contributed by atoms with van der Waals surface area (Å²) in [5.41, 5.74) is 2.49. The lowest BCUT2D eigenvalue weighted by Crippen LogP contribution is -2.37. The van der Waals surface area contributed by atoms with E-state index >= 15 is 0 Å². The van der Waals surface area contributed by atoms with Crippen molar-refractivity contribution in [2.75, 3.05) is 13.2 Å². The molecule has 0 saturated heterocycles. The Morgan fingerprint density at radius 2 is 1.85 bits per heavy atom. The third kappa shape index (κ3) is 7.58. The van der Waals surface area contributed by atoms with Crippen molar-refractivity contribution in [3.63, 3.8) is 0 Å². The number of hydrogen-bond donors (Lipinski definition) is 2. The highest BCUT2D eigenvalue weighted by atomic mass is 127. The average molecular weight is 571 g/mol. The third-order valence-electron chi connectivity index (χ3n) is 4.51. The molecule has 0 bridgehead atoms. The van der Waals surface area contributed by atoms with E-state index in [1.54, 1.807) is 36.0 Å². The molecule has 0 radical (unpaired) electrons. The van der Waals surface area contributed by atoms with Crippen molar-refractivity contribution >= 4 is 29.9 Å². The fourth-order valence-corrected chi connectivity index (χ4v) is 3.16. The molecule has 2 N–H and O–H groups in total. The number of halogens is 3. The summed E-state index contributed by atoms with van der Waals surface area (Å²) in [5, 5.41) is 10.8. The minimum atomic E-state index is -2.95. The molecular formula is C23H28F2IN5O2. The van der Waals surface area contributed by atoms with Gasteiger partial charge < -0.3 is 20.1 Å². The van der Waals surface area contributed by atoms with Crippen LogP contribution >= 0.6 is 24.0 Å². The number of aliphatic imine (C=N–C) groups is 1. The van der Waals surface area contributed by atoms with E-state index in [1.165, 1.54) is 0 Å². The van der Waals surface area contributed by atoms with Gasteiger partial charge in [0.25, 0.3) is 0 Å². The number of benzene rings is 2. The van der Waals surface area contributed by atoms with Crippen molar-refractivity contribution in [1.82, 2.24) is 20.4 Å². The lowest BCUT2D eigenvalue weighted by Gasteiger charge is -2.16. The highest BCUT2D eigenvalue weighted by Crippen LogP contribution is 2.33. The predicted octanol–water partition coefficient (Wildman–Crippen LogP) is 4.75. The molecule has 3 rings (SSSR count). The lowest BCUT2D eigenvalue weighted by atomic mass is 10.2. The maximum atomic E-state index is 13.0. The molecule has 0 aliphatic heterocycles. The highest BCUT2D eigenvalue weighted by Gasteiger charge is 2.16. The molecule has 0 aliphatic carbocycles. The van der Waals surface area contributed by atoms with Crippen molar-refractivity contribution in [2.45, 2.75) is 33.5 Å². The van der Waals surface area contributed by atoms with E-state index in [9.17, 15) is 8.78 Å². The van der Waals surface area contributed by atoms with E-state index < -0.39 is 6.61 Å². The number of alkyl halides is 2. The van der Waals surface area contributed by atoms with Crippen LogP contribution in [0.2, 0.25) is 0 Å². The lowest BCUT2D eigenvalue weighted by molar-refractivity contribution is -0.0520. The smallest absolute Gasteiger partial charge is 0.387 e. The Kier molecular flexibility index (Phi) is 10.9. The van der Waals surface area contributed by atoms with Crippen LogP contribution in [-0.4, -0.2) is 35.5 Å². The number of guanidine groups is 1. The second-order valence-electron chi connectivity index (χ2n) is 6.68. The predicted molar refractivity (Wildman–Crippen MR) is 135 cm³/mol. The molecule has 0 atom stereocenters. The topological polar surface area (TPSA) is 72.7 Å². The zero-order chi connectivity index (χ0) is 22.8. The summed E-state index contributed by atoms with van der Waals surface area (Å²) in [4.78, 5) is 4.55. The molecule has 33 heavy (non-hydrogen) atoms. The van der Waals surface area contributed by atoms with E-state index in [0.29, 0.717) is 31.2 Å². The summed E-state index contributed by atoms with van der Waals surface area (Å²) in [7, 11) is 0. The Balaban J connectivity index is 0.00000385. The number of ether oxygens (including phenoxy) is 2. The summed E-state index contributed by atoms with van der Waals surface area (Å²) < 4.78 is 37.9. The molecule has 2 aromatic carbocycles. The van der Waals surface area contributed by atoms with Crippen LogP contribution in [-0.2, 0) is 13.1 Å². The first-order valence-corrected chi connectivity index (χ1v) is 10.4. The van der Waals surface area contributed by atoms with Gasteiger partial charge in [0.05, 0.1) is 18.8 Å². The van der Waals surface area contributed by atoms with Gasteiger partial charge in [-0.3, -0.25) is 0 Å². The first-order valence-electron chi connectivity index (χ1n) is 10.4. The molecule has 0 fully saturated rings. The fourth-order valence-electron chi connectivity index (χ4n) is 3.16. The van der Waals surface area contributed by atoms with Gasteiger partial charge in [0.1, 0.15) is 0 Å². The van der Waals surface area contributed by atoms with Crippen LogP contribution in [0.3, 0.4) is 0 Å². The first-order chi connectivity index (χ1) is 15.6. The van der Waals surface area contributed by atoms with E-state index in [-0.39, 0.29) is 42.0 Å². The standard InChI is InChI=1S/C23H27F2N5O2.HI/c1-3-26-23(27-15-17-9-5-6-11-19(17)30-14-8-13-29-30)28-16-18-10-7-12-20(31-4-2)21(18)32-22(24)25;/h5-14,22H,3-4,15-16H2,1-2H3,(H2,26,27,28);1H. The number of aromatic nitrogens is 2. The van der Waals surface area contributed by atoms with Crippen LogP contribution < -0.4 is 20.1 Å². The van der Waals surface area contributed by atoms with Crippen LogP contribution in [0.25, 0.3) is 5.69 Å². The minimum Gasteiger partial charge on any atom is -0.490 e. The SMILES string of the molecule is CCNC(=NCc1cccc(OCC)c1OC(F)F)NCc1ccccc1-n1cccn1.I. The van der Waals surface area contributed by atoms with E-state index in [4.69, 9.17) is 9.47 Å². The van der Waals surface area contributed by atoms with Gasteiger partial charge >= 0.3 is 6.61 Å². The van der Waals surface area contributed by atoms with Crippen molar-refractivity contribution in [1.29, 1.82) is 0 Å². The second-order valence-corrected chi connectivity index (χ2v) is 6.68. The normalized spacial score (nSPS) is 11.1. The van der Waals surface area contributed by atoms with Crippen LogP contribution in [0.4, 0.5) is 8.78 Å². The van der Waals surface area contributed by atoms with Crippen molar-refractivity contribution < 1.29 is 18.3 Å². The van der Waals surface area contributed by atoms with Gasteiger partial charge in [-0.25, -0.2) is 9.67 Å². The molecular weight excluding hydrogens is 543 g/mol. The summed E-state index contributed by atoms with van der Waals surface area (Å²) in [5.74, 6) is 0.826. The van der Waals surface area contributed by atoms with Gasteiger partial charge in [-0.1, -0.05) is 30.3 Å². The summed E-state index contributed by atoms with van der Waals surface area (Å²) in [6.07, 6.45) is 3.61. The maximum Gasteiger partial charge on any atom is 0.387 e. The quantitative estimate of drug-likeness (QED) is 0.209. The molecule has 3 aromatic rings. The minimum absolute atomic E-state index is 0. The van der Waals surface area contributed by atoms with E-state index in [1.807, 2.05) is 43.5 Å². The third-order valence-corrected chi connectivity index (χ3v) is 4.51. The van der Waals surface area contributed by atoms with Gasteiger partial charge in [-0.2, -0.15) is 13.9 Å². The number of rotatable bonds is 10. The Morgan fingerprint density at radius 1 is 1.06 bits per heavy atom. The maximum absolute atomic E-state index is 13.0. The molecule has 0 amide bonds. The molecule has 7 nitrogen and oxygen atoms in total. The van der Waals surface area contributed by atoms with E-state index in [2.05, 4.69) is 20.7 Å². The van der Waals surface area contributed by atoms with Gasteiger partial charge in [0.2, 0.25) is 0 Å². The average Bonchev–Trinajstić information content (AvgIpc) is 3.32. The van der Waals surface area contributed by atoms with E-state index in [0.717, 1.165) is 11.3 Å². The van der Waals surface area contributed by atoms with Gasteiger partial charge in [0, 0.05) is 31.0 Å². The Hall–Kier alpha value is -2.89. The molecule has 1 heterocycles. The zero-order valence-electron chi connectivity index (χ0n) is 18.5. The van der Waals surface area contributed by atoms with Crippen LogP contribution in [0.15, 0.2) is 65.9 Å². The summed E-state index contributed by atoms with van der Waals surface area (Å²) >= 11 is 0. The number of nitrogens with zero attached hydrogens (tertiary/aromatic N) is 3. The largest absolute Gasteiger partial charge is 0.490 e. The van der Waals surface area contributed by atoms with Crippen LogP contribution in [0.1, 0.15) is 25.0 Å².